The molecule has 0 fully saturated rings. The van der Waals surface area contributed by atoms with Gasteiger partial charge in [0.25, 0.3) is 11.8 Å². The topological polar surface area (TPSA) is 70.2 Å². The van der Waals surface area contributed by atoms with Crippen LogP contribution in [0.3, 0.4) is 0 Å². The lowest BCUT2D eigenvalue weighted by molar-refractivity contribution is 0.0976. The summed E-state index contributed by atoms with van der Waals surface area (Å²) in [4.78, 5) is 25.1. The van der Waals surface area contributed by atoms with Gasteiger partial charge in [0.05, 0.1) is 11.3 Å². The first-order valence-electron chi connectivity index (χ1n) is 9.62. The average Bonchev–Trinajstić information content (AvgIpc) is 2.74. The van der Waals surface area contributed by atoms with Crippen LogP contribution in [0.4, 0.5) is 11.4 Å². The van der Waals surface area contributed by atoms with E-state index < -0.39 is 0 Å². The molecular formula is C24H23N3O2S. The minimum absolute atomic E-state index is 0.118. The van der Waals surface area contributed by atoms with Gasteiger partial charge < -0.3 is 10.6 Å². The zero-order valence-corrected chi connectivity index (χ0v) is 17.6. The number of amides is 2. The Morgan fingerprint density at radius 3 is 2.07 bits per heavy atom. The maximum Gasteiger partial charge on any atom is 0.257 e. The fourth-order valence-corrected chi connectivity index (χ4v) is 3.06. The molecule has 6 heteroatoms. The van der Waals surface area contributed by atoms with Gasteiger partial charge in [0.1, 0.15) is 0 Å². The molecule has 0 saturated carbocycles. The molecule has 5 nitrogen and oxygen atoms in total. The molecule has 3 aromatic carbocycles. The van der Waals surface area contributed by atoms with Crippen LogP contribution in [-0.2, 0) is 0 Å². The summed E-state index contributed by atoms with van der Waals surface area (Å²) in [5.41, 5.74) is 3.29. The first-order chi connectivity index (χ1) is 14.4. The van der Waals surface area contributed by atoms with E-state index in [1.165, 1.54) is 0 Å². The Bertz CT molecular complexity index is 1050. The van der Waals surface area contributed by atoms with Crippen LogP contribution >= 0.6 is 12.2 Å². The van der Waals surface area contributed by atoms with Gasteiger partial charge in [-0.15, -0.1) is 0 Å². The molecule has 0 saturated heterocycles. The predicted molar refractivity (Wildman–Crippen MR) is 125 cm³/mol. The molecule has 3 N–H and O–H groups in total. The number of para-hydroxylation sites is 2. The number of nitrogens with one attached hydrogen (secondary N) is 3. The van der Waals surface area contributed by atoms with Crippen LogP contribution in [0.25, 0.3) is 0 Å². The third kappa shape index (κ3) is 5.52. The lowest BCUT2D eigenvalue weighted by atomic mass is 10.0. The minimum atomic E-state index is -0.311. The fraction of sp³-hybridized carbons (Fsp3) is 0.125. The summed E-state index contributed by atoms with van der Waals surface area (Å²) < 4.78 is 0. The van der Waals surface area contributed by atoms with Crippen molar-refractivity contribution in [2.75, 3.05) is 10.6 Å². The zero-order chi connectivity index (χ0) is 21.5. The molecule has 0 bridgehead atoms. The highest BCUT2D eigenvalue weighted by Gasteiger charge is 2.14. The Kier molecular flexibility index (Phi) is 6.93. The van der Waals surface area contributed by atoms with Gasteiger partial charge in [-0.25, -0.2) is 0 Å². The number of carbonyl (C=O) groups is 2. The van der Waals surface area contributed by atoms with E-state index in [0.717, 1.165) is 5.56 Å². The van der Waals surface area contributed by atoms with Crippen molar-refractivity contribution in [2.45, 2.75) is 19.8 Å². The van der Waals surface area contributed by atoms with Gasteiger partial charge in [-0.2, -0.15) is 0 Å². The van der Waals surface area contributed by atoms with Gasteiger partial charge in [0, 0.05) is 11.3 Å². The number of anilines is 2. The van der Waals surface area contributed by atoms with E-state index in [-0.39, 0.29) is 16.9 Å². The number of carbonyl (C=O) groups excluding carboxylic acids is 2. The van der Waals surface area contributed by atoms with E-state index in [4.69, 9.17) is 12.2 Å². The number of hydrogen-bond donors (Lipinski definition) is 3. The molecule has 0 unspecified atom stereocenters. The highest BCUT2D eigenvalue weighted by molar-refractivity contribution is 7.80. The zero-order valence-electron chi connectivity index (χ0n) is 16.8. The second-order valence-corrected chi connectivity index (χ2v) is 7.46. The van der Waals surface area contributed by atoms with Gasteiger partial charge in [-0.05, 0) is 60.1 Å². The number of thiocarbonyl (C=S) groups is 1. The molecule has 0 atom stereocenters. The summed E-state index contributed by atoms with van der Waals surface area (Å²) in [5.74, 6) is -0.194. The van der Waals surface area contributed by atoms with Crippen LogP contribution in [0, 0.1) is 0 Å². The van der Waals surface area contributed by atoms with Crippen LogP contribution in [-0.4, -0.2) is 16.9 Å². The Hall–Kier alpha value is -3.51. The standard InChI is InChI=1S/C24H23N3O2S/c1-16(2)17-12-14-18(15-13-17)22(28)27-24(30)26-21-11-7-6-10-20(21)23(29)25-19-8-4-3-5-9-19/h3-16H,1-2H3,(H,25,29)(H2,26,27,28,30). The number of benzene rings is 3. The molecule has 0 aliphatic carbocycles. The van der Waals surface area contributed by atoms with E-state index in [1.54, 1.807) is 36.4 Å². The molecule has 0 aromatic heterocycles. The smallest absolute Gasteiger partial charge is 0.257 e. The van der Waals surface area contributed by atoms with E-state index in [9.17, 15) is 9.59 Å². The lowest BCUT2D eigenvalue weighted by Crippen LogP contribution is -2.34. The largest absolute Gasteiger partial charge is 0.332 e. The van der Waals surface area contributed by atoms with Crippen molar-refractivity contribution in [3.8, 4) is 0 Å². The average molecular weight is 418 g/mol. The van der Waals surface area contributed by atoms with Gasteiger partial charge in [0.15, 0.2) is 5.11 Å². The van der Waals surface area contributed by atoms with Crippen molar-refractivity contribution in [1.29, 1.82) is 0 Å². The summed E-state index contributed by atoms with van der Waals surface area (Å²) in [6.45, 7) is 4.19. The van der Waals surface area contributed by atoms with Crippen LogP contribution in [0.2, 0.25) is 0 Å². The van der Waals surface area contributed by atoms with Gasteiger partial charge in [0.2, 0.25) is 0 Å². The van der Waals surface area contributed by atoms with Gasteiger partial charge in [-0.1, -0.05) is 56.3 Å². The molecular weight excluding hydrogens is 394 g/mol. The third-order valence-electron chi connectivity index (χ3n) is 4.52. The summed E-state index contributed by atoms with van der Waals surface area (Å²) in [6.07, 6.45) is 0. The van der Waals surface area contributed by atoms with Gasteiger partial charge in [-0.3, -0.25) is 14.9 Å². The highest BCUT2D eigenvalue weighted by Crippen LogP contribution is 2.18. The molecule has 0 radical (unpaired) electrons. The van der Waals surface area contributed by atoms with Gasteiger partial charge >= 0.3 is 0 Å². The van der Waals surface area contributed by atoms with Crippen LogP contribution in [0.15, 0.2) is 78.9 Å². The first-order valence-corrected chi connectivity index (χ1v) is 10.0. The van der Waals surface area contributed by atoms with Crippen molar-refractivity contribution in [2.24, 2.45) is 0 Å². The van der Waals surface area contributed by atoms with E-state index in [2.05, 4.69) is 29.8 Å². The van der Waals surface area contributed by atoms with Crippen LogP contribution in [0.1, 0.15) is 46.0 Å². The molecule has 0 aliphatic heterocycles. The lowest BCUT2D eigenvalue weighted by Gasteiger charge is -2.14. The minimum Gasteiger partial charge on any atom is -0.332 e. The summed E-state index contributed by atoms with van der Waals surface area (Å²) in [7, 11) is 0. The Balaban J connectivity index is 1.66. The maximum atomic E-state index is 12.7. The molecule has 0 spiro atoms. The van der Waals surface area contributed by atoms with E-state index in [1.807, 2.05) is 42.5 Å². The molecule has 30 heavy (non-hydrogen) atoms. The van der Waals surface area contributed by atoms with Crippen molar-refractivity contribution < 1.29 is 9.59 Å². The van der Waals surface area contributed by atoms with Crippen LogP contribution < -0.4 is 16.0 Å². The molecule has 3 aromatic rings. The molecule has 0 heterocycles. The Labute approximate surface area is 181 Å². The maximum absolute atomic E-state index is 12.7. The fourth-order valence-electron chi connectivity index (χ4n) is 2.86. The monoisotopic (exact) mass is 417 g/mol. The Morgan fingerprint density at radius 2 is 1.40 bits per heavy atom. The molecule has 2 amide bonds. The summed E-state index contributed by atoms with van der Waals surface area (Å²) in [6, 6.07) is 23.6. The first kappa shape index (κ1) is 21.2. The van der Waals surface area contributed by atoms with E-state index >= 15 is 0 Å². The normalized spacial score (nSPS) is 10.4. The Morgan fingerprint density at radius 1 is 0.767 bits per heavy atom. The van der Waals surface area contributed by atoms with E-state index in [0.29, 0.717) is 28.4 Å². The molecule has 3 rings (SSSR count). The van der Waals surface area contributed by atoms with Crippen LogP contribution in [0.5, 0.6) is 0 Å². The number of rotatable bonds is 5. The van der Waals surface area contributed by atoms with Crippen molar-refractivity contribution in [3.63, 3.8) is 0 Å². The SMILES string of the molecule is CC(C)c1ccc(C(=O)NC(=S)Nc2ccccc2C(=O)Nc2ccccc2)cc1. The second-order valence-electron chi connectivity index (χ2n) is 7.05. The van der Waals surface area contributed by atoms with Crippen molar-refractivity contribution in [1.82, 2.24) is 5.32 Å². The predicted octanol–water partition coefficient (Wildman–Crippen LogP) is 5.19. The molecule has 152 valence electrons. The summed E-state index contributed by atoms with van der Waals surface area (Å²) >= 11 is 5.28. The second kappa shape index (κ2) is 9.80. The van der Waals surface area contributed by atoms with Crippen molar-refractivity contribution >= 4 is 40.5 Å². The molecule has 0 aliphatic rings. The summed E-state index contributed by atoms with van der Waals surface area (Å²) in [5, 5.41) is 8.57. The highest BCUT2D eigenvalue weighted by atomic mass is 32.1. The third-order valence-corrected chi connectivity index (χ3v) is 4.72. The number of hydrogen-bond acceptors (Lipinski definition) is 3. The van der Waals surface area contributed by atoms with Crippen molar-refractivity contribution in [3.05, 3.63) is 95.6 Å². The quantitative estimate of drug-likeness (QED) is 0.500.